The standard InChI is InChI=1S/C22H24N4O3/c1-15(2)29-19-10-6-17(7-11-19)23-20-12-13-21(26-25-20)24-22(27)14-16-4-8-18(28-3)9-5-16/h4-13,15H,14H2,1-3H3,(H,23,25)(H,24,26,27). The fourth-order valence-electron chi connectivity index (χ4n) is 2.62. The Labute approximate surface area is 170 Å². The minimum atomic E-state index is -0.161. The lowest BCUT2D eigenvalue weighted by Crippen LogP contribution is -2.15. The molecule has 150 valence electrons. The van der Waals surface area contributed by atoms with E-state index < -0.39 is 0 Å². The Morgan fingerprint density at radius 1 is 0.897 bits per heavy atom. The van der Waals surface area contributed by atoms with Crippen molar-refractivity contribution in [1.29, 1.82) is 0 Å². The third-order valence-electron chi connectivity index (χ3n) is 3.95. The minimum absolute atomic E-state index is 0.132. The van der Waals surface area contributed by atoms with Gasteiger partial charge in [-0.05, 0) is 67.9 Å². The second-order valence-electron chi connectivity index (χ2n) is 6.69. The topological polar surface area (TPSA) is 85.4 Å². The van der Waals surface area contributed by atoms with Crippen molar-refractivity contribution in [2.75, 3.05) is 17.7 Å². The molecule has 0 spiro atoms. The van der Waals surface area contributed by atoms with E-state index in [2.05, 4.69) is 20.8 Å². The van der Waals surface area contributed by atoms with Gasteiger partial charge in [0.15, 0.2) is 11.6 Å². The number of nitrogens with one attached hydrogen (secondary N) is 2. The van der Waals surface area contributed by atoms with Gasteiger partial charge in [-0.15, -0.1) is 10.2 Å². The van der Waals surface area contributed by atoms with Crippen LogP contribution in [0.5, 0.6) is 11.5 Å². The fraction of sp³-hybridized carbons (Fsp3) is 0.227. The number of hydrogen-bond donors (Lipinski definition) is 2. The number of aromatic nitrogens is 2. The summed E-state index contributed by atoms with van der Waals surface area (Å²) in [6.45, 7) is 3.97. The van der Waals surface area contributed by atoms with E-state index in [1.54, 1.807) is 19.2 Å². The van der Waals surface area contributed by atoms with Gasteiger partial charge in [-0.3, -0.25) is 4.79 Å². The SMILES string of the molecule is COc1ccc(CC(=O)Nc2ccc(Nc3ccc(OC(C)C)cc3)nn2)cc1. The summed E-state index contributed by atoms with van der Waals surface area (Å²) in [4.78, 5) is 12.2. The monoisotopic (exact) mass is 392 g/mol. The van der Waals surface area contributed by atoms with E-state index in [-0.39, 0.29) is 18.4 Å². The molecule has 0 atom stereocenters. The summed E-state index contributed by atoms with van der Waals surface area (Å²) >= 11 is 0. The molecule has 0 saturated carbocycles. The first-order valence-electron chi connectivity index (χ1n) is 9.32. The van der Waals surface area contributed by atoms with Crippen molar-refractivity contribution in [1.82, 2.24) is 10.2 Å². The van der Waals surface area contributed by atoms with Crippen LogP contribution in [0.2, 0.25) is 0 Å². The molecule has 29 heavy (non-hydrogen) atoms. The Balaban J connectivity index is 1.53. The van der Waals surface area contributed by atoms with Crippen molar-refractivity contribution in [3.63, 3.8) is 0 Å². The highest BCUT2D eigenvalue weighted by molar-refractivity contribution is 5.91. The van der Waals surface area contributed by atoms with E-state index in [0.29, 0.717) is 11.6 Å². The summed E-state index contributed by atoms with van der Waals surface area (Å²) in [7, 11) is 1.61. The smallest absolute Gasteiger partial charge is 0.229 e. The highest BCUT2D eigenvalue weighted by atomic mass is 16.5. The van der Waals surface area contributed by atoms with Crippen LogP contribution < -0.4 is 20.1 Å². The van der Waals surface area contributed by atoms with Crippen LogP contribution in [0, 0.1) is 0 Å². The molecule has 1 aromatic heterocycles. The van der Waals surface area contributed by atoms with Crippen molar-refractivity contribution < 1.29 is 14.3 Å². The van der Waals surface area contributed by atoms with Gasteiger partial charge in [-0.2, -0.15) is 0 Å². The fourth-order valence-corrected chi connectivity index (χ4v) is 2.62. The van der Waals surface area contributed by atoms with Crippen LogP contribution in [-0.2, 0) is 11.2 Å². The van der Waals surface area contributed by atoms with Gasteiger partial charge >= 0.3 is 0 Å². The van der Waals surface area contributed by atoms with Crippen molar-refractivity contribution >= 4 is 23.2 Å². The summed E-state index contributed by atoms with van der Waals surface area (Å²) in [5.41, 5.74) is 1.76. The molecule has 2 aromatic carbocycles. The van der Waals surface area contributed by atoms with Crippen molar-refractivity contribution in [3.8, 4) is 11.5 Å². The Hall–Kier alpha value is -3.61. The number of amides is 1. The maximum atomic E-state index is 12.2. The van der Waals surface area contributed by atoms with Crippen LogP contribution in [-0.4, -0.2) is 29.3 Å². The molecule has 0 radical (unpaired) electrons. The Morgan fingerprint density at radius 2 is 1.52 bits per heavy atom. The molecule has 0 aliphatic heterocycles. The third kappa shape index (κ3) is 6.21. The summed E-state index contributed by atoms with van der Waals surface area (Å²) in [6, 6.07) is 18.4. The van der Waals surface area contributed by atoms with Crippen molar-refractivity contribution in [3.05, 3.63) is 66.2 Å². The number of methoxy groups -OCH3 is 1. The van der Waals surface area contributed by atoms with Crippen LogP contribution in [0.3, 0.4) is 0 Å². The van der Waals surface area contributed by atoms with E-state index in [4.69, 9.17) is 9.47 Å². The van der Waals surface area contributed by atoms with Gasteiger partial charge in [-0.25, -0.2) is 0 Å². The number of carbonyl (C=O) groups is 1. The lowest BCUT2D eigenvalue weighted by molar-refractivity contribution is -0.115. The molecule has 3 rings (SSSR count). The molecule has 0 bridgehead atoms. The number of benzene rings is 2. The van der Waals surface area contributed by atoms with Gasteiger partial charge in [0.1, 0.15) is 11.5 Å². The molecule has 1 heterocycles. The van der Waals surface area contributed by atoms with E-state index in [1.807, 2.05) is 62.4 Å². The van der Waals surface area contributed by atoms with Crippen LogP contribution >= 0.6 is 0 Å². The van der Waals surface area contributed by atoms with E-state index in [1.165, 1.54) is 0 Å². The zero-order valence-corrected chi connectivity index (χ0v) is 16.7. The first kappa shape index (κ1) is 20.1. The van der Waals surface area contributed by atoms with Gasteiger partial charge in [0.05, 0.1) is 19.6 Å². The second kappa shape index (κ2) is 9.54. The largest absolute Gasteiger partial charge is 0.497 e. The first-order chi connectivity index (χ1) is 14.0. The summed E-state index contributed by atoms with van der Waals surface area (Å²) < 4.78 is 10.7. The van der Waals surface area contributed by atoms with E-state index >= 15 is 0 Å². The molecule has 0 unspecified atom stereocenters. The van der Waals surface area contributed by atoms with Gasteiger partial charge in [0.2, 0.25) is 5.91 Å². The minimum Gasteiger partial charge on any atom is -0.497 e. The van der Waals surface area contributed by atoms with Crippen molar-refractivity contribution in [2.45, 2.75) is 26.4 Å². The van der Waals surface area contributed by atoms with Crippen LogP contribution in [0.15, 0.2) is 60.7 Å². The first-order valence-corrected chi connectivity index (χ1v) is 9.32. The molecular formula is C22H24N4O3. The zero-order valence-electron chi connectivity index (χ0n) is 16.7. The highest BCUT2D eigenvalue weighted by Crippen LogP contribution is 2.20. The predicted octanol–water partition coefficient (Wildman–Crippen LogP) is 4.20. The lowest BCUT2D eigenvalue weighted by Gasteiger charge is -2.11. The van der Waals surface area contributed by atoms with E-state index in [9.17, 15) is 4.79 Å². The number of rotatable bonds is 8. The summed E-state index contributed by atoms with van der Waals surface area (Å²) in [5, 5.41) is 14.1. The quantitative estimate of drug-likeness (QED) is 0.598. The number of ether oxygens (including phenoxy) is 2. The Bertz CT molecular complexity index is 924. The van der Waals surface area contributed by atoms with E-state index in [0.717, 1.165) is 22.7 Å². The van der Waals surface area contributed by atoms with Gasteiger partial charge in [0, 0.05) is 5.69 Å². The van der Waals surface area contributed by atoms with Gasteiger partial charge < -0.3 is 20.1 Å². The van der Waals surface area contributed by atoms with Crippen molar-refractivity contribution in [2.24, 2.45) is 0 Å². The Morgan fingerprint density at radius 3 is 2.10 bits per heavy atom. The molecule has 0 fully saturated rings. The van der Waals surface area contributed by atoms with Gasteiger partial charge in [-0.1, -0.05) is 12.1 Å². The predicted molar refractivity (Wildman–Crippen MR) is 113 cm³/mol. The summed E-state index contributed by atoms with van der Waals surface area (Å²) in [5.74, 6) is 2.38. The third-order valence-corrected chi connectivity index (χ3v) is 3.95. The maximum Gasteiger partial charge on any atom is 0.229 e. The molecule has 7 nitrogen and oxygen atoms in total. The number of nitrogens with zero attached hydrogens (tertiary/aromatic N) is 2. The Kier molecular flexibility index (Phi) is 6.63. The average Bonchev–Trinajstić information content (AvgIpc) is 2.71. The lowest BCUT2D eigenvalue weighted by atomic mass is 10.1. The molecule has 0 aliphatic carbocycles. The molecule has 7 heteroatoms. The maximum absolute atomic E-state index is 12.2. The molecule has 0 saturated heterocycles. The normalized spacial score (nSPS) is 10.5. The molecule has 2 N–H and O–H groups in total. The molecule has 3 aromatic rings. The average molecular weight is 392 g/mol. The second-order valence-corrected chi connectivity index (χ2v) is 6.69. The van der Waals surface area contributed by atoms with Crippen LogP contribution in [0.1, 0.15) is 19.4 Å². The van der Waals surface area contributed by atoms with Crippen LogP contribution in [0.25, 0.3) is 0 Å². The number of anilines is 3. The zero-order chi connectivity index (χ0) is 20.6. The van der Waals surface area contributed by atoms with Gasteiger partial charge in [0.25, 0.3) is 0 Å². The molecule has 1 amide bonds. The molecular weight excluding hydrogens is 368 g/mol. The van der Waals surface area contributed by atoms with Crippen LogP contribution in [0.4, 0.5) is 17.3 Å². The number of carbonyl (C=O) groups excluding carboxylic acids is 1. The highest BCUT2D eigenvalue weighted by Gasteiger charge is 2.07. The molecule has 0 aliphatic rings. The number of hydrogen-bond acceptors (Lipinski definition) is 6. The summed E-state index contributed by atoms with van der Waals surface area (Å²) in [6.07, 6.45) is 0.378.